The number of morpholine rings is 1. The first kappa shape index (κ1) is 15.2. The van der Waals surface area contributed by atoms with Gasteiger partial charge in [-0.1, -0.05) is 0 Å². The number of rotatable bonds is 3. The minimum absolute atomic E-state index is 0.124. The summed E-state index contributed by atoms with van der Waals surface area (Å²) in [7, 11) is 0. The maximum absolute atomic E-state index is 12.5. The Labute approximate surface area is 131 Å². The predicted octanol–water partition coefficient (Wildman–Crippen LogP) is 1.27. The molecule has 1 aliphatic heterocycles. The maximum Gasteiger partial charge on any atom is 0.254 e. The molecule has 1 unspecified atom stereocenters. The number of halogens is 1. The number of hydrogen-bond donors (Lipinski definition) is 1. The molecule has 6 heteroatoms. The lowest BCUT2D eigenvalue weighted by Gasteiger charge is -2.34. The molecular formula is C14H17IN2O3. The number of ether oxygens (including phenoxy) is 1. The zero-order valence-corrected chi connectivity index (χ0v) is 13.4. The van der Waals surface area contributed by atoms with Gasteiger partial charge >= 0.3 is 0 Å². The number of likely N-dealkylation sites (N-methyl/N-ethyl adjacent to an activating group) is 1. The Bertz CT molecular complexity index is 490. The molecule has 1 aliphatic rings. The van der Waals surface area contributed by atoms with Gasteiger partial charge in [-0.3, -0.25) is 9.59 Å². The first-order valence-corrected chi connectivity index (χ1v) is 7.63. The van der Waals surface area contributed by atoms with E-state index in [1.54, 1.807) is 17.0 Å². The van der Waals surface area contributed by atoms with Crippen molar-refractivity contribution in [3.05, 3.63) is 33.4 Å². The van der Waals surface area contributed by atoms with Gasteiger partial charge < -0.3 is 15.0 Å². The number of carbonyl (C=O) groups excluding carboxylic acids is 2. The van der Waals surface area contributed by atoms with Gasteiger partial charge in [0.25, 0.3) is 5.91 Å². The van der Waals surface area contributed by atoms with Crippen LogP contribution in [0.15, 0.2) is 24.3 Å². The second kappa shape index (κ2) is 7.03. The van der Waals surface area contributed by atoms with Crippen LogP contribution in [-0.2, 0) is 9.53 Å². The number of carbonyl (C=O) groups is 2. The molecule has 2 rings (SSSR count). The zero-order valence-electron chi connectivity index (χ0n) is 11.3. The van der Waals surface area contributed by atoms with Crippen LogP contribution in [0, 0.1) is 3.57 Å². The minimum Gasteiger partial charge on any atom is -0.377 e. The number of amides is 2. The Morgan fingerprint density at radius 3 is 2.75 bits per heavy atom. The summed E-state index contributed by atoms with van der Waals surface area (Å²) >= 11 is 2.19. The number of benzene rings is 1. The van der Waals surface area contributed by atoms with Gasteiger partial charge in [0.05, 0.1) is 13.2 Å². The Morgan fingerprint density at radius 2 is 2.10 bits per heavy atom. The van der Waals surface area contributed by atoms with Crippen molar-refractivity contribution >= 4 is 34.4 Å². The van der Waals surface area contributed by atoms with Gasteiger partial charge in [-0.15, -0.1) is 0 Å². The summed E-state index contributed by atoms with van der Waals surface area (Å²) in [6.45, 7) is 3.55. The van der Waals surface area contributed by atoms with Crippen molar-refractivity contribution in [1.29, 1.82) is 0 Å². The summed E-state index contributed by atoms with van der Waals surface area (Å²) in [5, 5.41) is 2.75. The lowest BCUT2D eigenvalue weighted by molar-refractivity contribution is -0.130. The van der Waals surface area contributed by atoms with Crippen molar-refractivity contribution in [3.63, 3.8) is 0 Å². The molecule has 0 saturated carbocycles. The third kappa shape index (κ3) is 3.49. The minimum atomic E-state index is -0.546. The van der Waals surface area contributed by atoms with Crippen LogP contribution in [0.2, 0.25) is 0 Å². The first-order chi connectivity index (χ1) is 9.63. The SMILES string of the molecule is CCNC(=O)C1COCCN1C(=O)c1ccc(I)cc1. The summed E-state index contributed by atoms with van der Waals surface area (Å²) in [6.07, 6.45) is 0. The molecule has 5 nitrogen and oxygen atoms in total. The van der Waals surface area contributed by atoms with Gasteiger partial charge in [0.2, 0.25) is 5.91 Å². The summed E-state index contributed by atoms with van der Waals surface area (Å²) in [5.41, 5.74) is 0.599. The van der Waals surface area contributed by atoms with Gasteiger partial charge in [0, 0.05) is 22.2 Å². The van der Waals surface area contributed by atoms with Crippen molar-refractivity contribution in [2.75, 3.05) is 26.3 Å². The lowest BCUT2D eigenvalue weighted by Crippen LogP contribution is -2.55. The zero-order chi connectivity index (χ0) is 14.5. The Morgan fingerprint density at radius 1 is 1.40 bits per heavy atom. The van der Waals surface area contributed by atoms with Crippen molar-refractivity contribution in [2.24, 2.45) is 0 Å². The standard InChI is InChI=1S/C14H17IN2O3/c1-2-16-13(18)12-9-20-8-7-17(12)14(19)10-3-5-11(15)6-4-10/h3-6,12H,2,7-9H2,1H3,(H,16,18). The predicted molar refractivity (Wildman–Crippen MR) is 83.5 cm³/mol. The normalized spacial score (nSPS) is 18.7. The van der Waals surface area contributed by atoms with E-state index in [1.165, 1.54) is 0 Å². The van der Waals surface area contributed by atoms with E-state index in [0.29, 0.717) is 25.3 Å². The van der Waals surface area contributed by atoms with Crippen molar-refractivity contribution < 1.29 is 14.3 Å². The highest BCUT2D eigenvalue weighted by Crippen LogP contribution is 2.14. The third-order valence-corrected chi connectivity index (χ3v) is 3.85. The highest BCUT2D eigenvalue weighted by Gasteiger charge is 2.32. The number of nitrogens with one attached hydrogen (secondary N) is 1. The van der Waals surface area contributed by atoms with E-state index >= 15 is 0 Å². The molecule has 1 aromatic carbocycles. The van der Waals surface area contributed by atoms with E-state index in [2.05, 4.69) is 27.9 Å². The van der Waals surface area contributed by atoms with Gasteiger partial charge in [-0.2, -0.15) is 0 Å². The van der Waals surface area contributed by atoms with Crippen LogP contribution < -0.4 is 5.32 Å². The third-order valence-electron chi connectivity index (χ3n) is 3.13. The second-order valence-electron chi connectivity index (χ2n) is 4.49. The number of nitrogens with zero attached hydrogens (tertiary/aromatic N) is 1. The summed E-state index contributed by atoms with van der Waals surface area (Å²) in [4.78, 5) is 26.1. The van der Waals surface area contributed by atoms with Gasteiger partial charge in [-0.25, -0.2) is 0 Å². The molecule has 0 radical (unpaired) electrons. The molecule has 2 amide bonds. The summed E-state index contributed by atoms with van der Waals surface area (Å²) < 4.78 is 6.40. The summed E-state index contributed by atoms with van der Waals surface area (Å²) in [5.74, 6) is -0.285. The Kier molecular flexibility index (Phi) is 5.36. The molecule has 1 atom stereocenters. The van der Waals surface area contributed by atoms with Crippen LogP contribution in [-0.4, -0.2) is 49.1 Å². The average Bonchev–Trinajstić information content (AvgIpc) is 2.47. The first-order valence-electron chi connectivity index (χ1n) is 6.55. The topological polar surface area (TPSA) is 58.6 Å². The highest BCUT2D eigenvalue weighted by atomic mass is 127. The smallest absolute Gasteiger partial charge is 0.254 e. The van der Waals surface area contributed by atoms with Crippen molar-refractivity contribution in [2.45, 2.75) is 13.0 Å². The fourth-order valence-electron chi connectivity index (χ4n) is 2.11. The largest absolute Gasteiger partial charge is 0.377 e. The van der Waals surface area contributed by atoms with E-state index in [4.69, 9.17) is 4.74 Å². The van der Waals surface area contributed by atoms with Crippen LogP contribution in [0.25, 0.3) is 0 Å². The molecule has 20 heavy (non-hydrogen) atoms. The molecule has 0 aliphatic carbocycles. The van der Waals surface area contributed by atoms with Crippen LogP contribution in [0.5, 0.6) is 0 Å². The van der Waals surface area contributed by atoms with Crippen LogP contribution in [0.4, 0.5) is 0 Å². The molecular weight excluding hydrogens is 371 g/mol. The fourth-order valence-corrected chi connectivity index (χ4v) is 2.47. The van der Waals surface area contributed by atoms with E-state index < -0.39 is 6.04 Å². The van der Waals surface area contributed by atoms with Gasteiger partial charge in [0.15, 0.2) is 0 Å². The van der Waals surface area contributed by atoms with Crippen LogP contribution >= 0.6 is 22.6 Å². The molecule has 0 aromatic heterocycles. The van der Waals surface area contributed by atoms with Crippen molar-refractivity contribution in [3.8, 4) is 0 Å². The van der Waals surface area contributed by atoms with E-state index in [0.717, 1.165) is 3.57 Å². The monoisotopic (exact) mass is 388 g/mol. The Hall–Kier alpha value is -1.15. The Balaban J connectivity index is 2.16. The van der Waals surface area contributed by atoms with Gasteiger partial charge in [-0.05, 0) is 53.8 Å². The molecule has 108 valence electrons. The maximum atomic E-state index is 12.5. The fraction of sp³-hybridized carbons (Fsp3) is 0.429. The van der Waals surface area contributed by atoms with Crippen LogP contribution in [0.3, 0.4) is 0 Å². The molecule has 1 N–H and O–H groups in total. The average molecular weight is 388 g/mol. The van der Waals surface area contributed by atoms with Crippen LogP contribution in [0.1, 0.15) is 17.3 Å². The van der Waals surface area contributed by atoms with Crippen molar-refractivity contribution in [1.82, 2.24) is 10.2 Å². The number of hydrogen-bond acceptors (Lipinski definition) is 3. The lowest BCUT2D eigenvalue weighted by atomic mass is 10.1. The molecule has 0 bridgehead atoms. The van der Waals surface area contributed by atoms with E-state index in [9.17, 15) is 9.59 Å². The highest BCUT2D eigenvalue weighted by molar-refractivity contribution is 14.1. The van der Waals surface area contributed by atoms with E-state index in [1.807, 2.05) is 19.1 Å². The molecule has 1 saturated heterocycles. The quantitative estimate of drug-likeness (QED) is 0.794. The van der Waals surface area contributed by atoms with Gasteiger partial charge in [0.1, 0.15) is 6.04 Å². The molecule has 1 aromatic rings. The molecule has 0 spiro atoms. The second-order valence-corrected chi connectivity index (χ2v) is 5.74. The van der Waals surface area contributed by atoms with E-state index in [-0.39, 0.29) is 18.4 Å². The summed E-state index contributed by atoms with van der Waals surface area (Å²) in [6, 6.07) is 6.79. The molecule has 1 heterocycles. The molecule has 1 fully saturated rings.